The Morgan fingerprint density at radius 1 is 1.29 bits per heavy atom. The first-order valence-corrected chi connectivity index (χ1v) is 6.85. The van der Waals surface area contributed by atoms with Gasteiger partial charge in [-0.25, -0.2) is 4.68 Å². The van der Waals surface area contributed by atoms with Crippen LogP contribution in [0, 0.1) is 0 Å². The topological polar surface area (TPSA) is 39.1 Å². The second-order valence-corrected chi connectivity index (χ2v) is 5.24. The fourth-order valence-electron chi connectivity index (χ4n) is 2.69. The number of ether oxygens (including phenoxy) is 1. The zero-order valence-corrected chi connectivity index (χ0v) is 10.6. The van der Waals surface area contributed by atoms with Gasteiger partial charge in [0.25, 0.3) is 0 Å². The molecule has 17 heavy (non-hydrogen) atoms. The van der Waals surface area contributed by atoms with Crippen molar-refractivity contribution in [1.29, 1.82) is 0 Å². The van der Waals surface area contributed by atoms with Gasteiger partial charge in [0.15, 0.2) is 10.9 Å². The number of nitrogens with one attached hydrogen (secondary N) is 1. The van der Waals surface area contributed by atoms with Crippen molar-refractivity contribution >= 4 is 11.6 Å². The van der Waals surface area contributed by atoms with Crippen molar-refractivity contribution in [3.05, 3.63) is 11.3 Å². The molecule has 1 aromatic rings. The highest BCUT2D eigenvalue weighted by Gasteiger charge is 2.23. The van der Waals surface area contributed by atoms with Gasteiger partial charge >= 0.3 is 0 Å². The SMILES string of the molecule is Clc1c(OC2CCCC2)cnn1C1CCCN1. The molecule has 1 unspecified atom stereocenters. The van der Waals surface area contributed by atoms with E-state index in [0.717, 1.165) is 31.6 Å². The van der Waals surface area contributed by atoms with Crippen LogP contribution in [0.4, 0.5) is 0 Å². The number of nitrogens with zero attached hydrogens (tertiary/aromatic N) is 2. The van der Waals surface area contributed by atoms with Crippen LogP contribution in [-0.2, 0) is 0 Å². The summed E-state index contributed by atoms with van der Waals surface area (Å²) in [6, 6.07) is 0. The van der Waals surface area contributed by atoms with Gasteiger partial charge in [-0.15, -0.1) is 0 Å². The third-order valence-electron chi connectivity index (χ3n) is 3.63. The van der Waals surface area contributed by atoms with Gasteiger partial charge in [-0.05, 0) is 45.1 Å². The van der Waals surface area contributed by atoms with Gasteiger partial charge in [-0.3, -0.25) is 5.32 Å². The van der Waals surface area contributed by atoms with Crippen molar-refractivity contribution in [2.45, 2.75) is 50.8 Å². The Labute approximate surface area is 106 Å². The van der Waals surface area contributed by atoms with E-state index in [0.29, 0.717) is 11.3 Å². The summed E-state index contributed by atoms with van der Waals surface area (Å²) in [5, 5.41) is 8.35. The number of aromatic nitrogens is 2. The molecule has 94 valence electrons. The van der Waals surface area contributed by atoms with Crippen LogP contribution >= 0.6 is 11.6 Å². The molecule has 0 radical (unpaired) electrons. The molecule has 1 saturated carbocycles. The van der Waals surface area contributed by atoms with Gasteiger partial charge in [-0.2, -0.15) is 5.10 Å². The van der Waals surface area contributed by atoms with Crippen molar-refractivity contribution in [3.63, 3.8) is 0 Å². The lowest BCUT2D eigenvalue weighted by Gasteiger charge is -2.14. The molecule has 1 aliphatic heterocycles. The van der Waals surface area contributed by atoms with E-state index in [1.165, 1.54) is 19.3 Å². The predicted molar refractivity (Wildman–Crippen MR) is 66.4 cm³/mol. The molecule has 1 saturated heterocycles. The normalized spacial score (nSPS) is 25.6. The van der Waals surface area contributed by atoms with Crippen LogP contribution in [0.5, 0.6) is 5.75 Å². The zero-order chi connectivity index (χ0) is 11.7. The maximum Gasteiger partial charge on any atom is 0.176 e. The molecule has 1 aromatic heterocycles. The molecule has 0 spiro atoms. The minimum atomic E-state index is 0.239. The second kappa shape index (κ2) is 4.86. The highest BCUT2D eigenvalue weighted by molar-refractivity contribution is 6.31. The maximum absolute atomic E-state index is 6.32. The molecule has 0 bridgehead atoms. The molecule has 2 aliphatic rings. The first-order valence-electron chi connectivity index (χ1n) is 6.47. The van der Waals surface area contributed by atoms with Crippen LogP contribution in [-0.4, -0.2) is 22.4 Å². The predicted octanol–water partition coefficient (Wildman–Crippen LogP) is 2.74. The summed E-state index contributed by atoms with van der Waals surface area (Å²) in [7, 11) is 0. The lowest BCUT2D eigenvalue weighted by Crippen LogP contribution is -2.21. The number of hydrogen-bond acceptors (Lipinski definition) is 3. The largest absolute Gasteiger partial charge is 0.486 e. The highest BCUT2D eigenvalue weighted by Crippen LogP contribution is 2.32. The van der Waals surface area contributed by atoms with Crippen molar-refractivity contribution in [3.8, 4) is 5.75 Å². The monoisotopic (exact) mass is 255 g/mol. The fraction of sp³-hybridized carbons (Fsp3) is 0.750. The Morgan fingerprint density at radius 2 is 2.12 bits per heavy atom. The molecule has 4 nitrogen and oxygen atoms in total. The van der Waals surface area contributed by atoms with E-state index >= 15 is 0 Å². The minimum Gasteiger partial charge on any atom is -0.486 e. The van der Waals surface area contributed by atoms with Gasteiger partial charge in [0.05, 0.1) is 12.3 Å². The quantitative estimate of drug-likeness (QED) is 0.903. The van der Waals surface area contributed by atoms with Gasteiger partial charge in [0.2, 0.25) is 0 Å². The molecule has 3 rings (SSSR count). The van der Waals surface area contributed by atoms with Crippen LogP contribution in [0.25, 0.3) is 0 Å². The average molecular weight is 256 g/mol. The third-order valence-corrected chi connectivity index (χ3v) is 3.99. The van der Waals surface area contributed by atoms with E-state index in [1.54, 1.807) is 6.20 Å². The number of halogens is 1. The Bertz CT molecular complexity index is 381. The summed E-state index contributed by atoms with van der Waals surface area (Å²) in [5.41, 5.74) is 0. The Hall–Kier alpha value is -0.740. The Balaban J connectivity index is 1.72. The molecule has 1 N–H and O–H groups in total. The van der Waals surface area contributed by atoms with E-state index in [1.807, 2.05) is 4.68 Å². The fourth-order valence-corrected chi connectivity index (χ4v) is 2.94. The molecule has 2 fully saturated rings. The first kappa shape index (κ1) is 11.4. The van der Waals surface area contributed by atoms with E-state index in [4.69, 9.17) is 16.3 Å². The van der Waals surface area contributed by atoms with Crippen LogP contribution in [0.1, 0.15) is 44.7 Å². The molecule has 2 heterocycles. The van der Waals surface area contributed by atoms with Gasteiger partial charge < -0.3 is 4.74 Å². The summed E-state index contributed by atoms with van der Waals surface area (Å²) in [6.07, 6.45) is 9.41. The first-order chi connectivity index (χ1) is 8.34. The van der Waals surface area contributed by atoms with E-state index in [2.05, 4.69) is 10.4 Å². The van der Waals surface area contributed by atoms with Gasteiger partial charge in [0.1, 0.15) is 6.17 Å². The lowest BCUT2D eigenvalue weighted by molar-refractivity contribution is 0.209. The number of hydrogen-bond donors (Lipinski definition) is 1. The number of rotatable bonds is 3. The molecule has 1 atom stereocenters. The van der Waals surface area contributed by atoms with Gasteiger partial charge in [0, 0.05) is 0 Å². The highest BCUT2D eigenvalue weighted by atomic mass is 35.5. The molecular formula is C12H18ClN3O. The van der Waals surface area contributed by atoms with Crippen molar-refractivity contribution < 1.29 is 4.74 Å². The van der Waals surface area contributed by atoms with Crippen LogP contribution in [0.2, 0.25) is 5.15 Å². The van der Waals surface area contributed by atoms with Gasteiger partial charge in [-0.1, -0.05) is 11.6 Å². The van der Waals surface area contributed by atoms with Crippen LogP contribution in [0.15, 0.2) is 6.20 Å². The molecule has 0 aromatic carbocycles. The molecule has 5 heteroatoms. The summed E-state index contributed by atoms with van der Waals surface area (Å²) in [4.78, 5) is 0. The summed E-state index contributed by atoms with van der Waals surface area (Å²) < 4.78 is 7.75. The standard InChI is InChI=1S/C12H18ClN3O/c13-12-10(17-9-4-1-2-5-9)8-15-16(12)11-6-3-7-14-11/h8-9,11,14H,1-7H2. The van der Waals surface area contributed by atoms with Crippen molar-refractivity contribution in [2.24, 2.45) is 0 Å². The van der Waals surface area contributed by atoms with E-state index < -0.39 is 0 Å². The Kier molecular flexibility index (Phi) is 3.25. The third kappa shape index (κ3) is 2.29. The summed E-state index contributed by atoms with van der Waals surface area (Å²) in [6.45, 7) is 1.04. The summed E-state index contributed by atoms with van der Waals surface area (Å²) >= 11 is 6.32. The zero-order valence-electron chi connectivity index (χ0n) is 9.86. The van der Waals surface area contributed by atoms with E-state index in [-0.39, 0.29) is 6.17 Å². The molecule has 1 aliphatic carbocycles. The maximum atomic E-state index is 6.32. The van der Waals surface area contributed by atoms with E-state index in [9.17, 15) is 0 Å². The van der Waals surface area contributed by atoms with Crippen molar-refractivity contribution in [1.82, 2.24) is 15.1 Å². The van der Waals surface area contributed by atoms with Crippen LogP contribution < -0.4 is 10.1 Å². The Morgan fingerprint density at radius 3 is 2.82 bits per heavy atom. The minimum absolute atomic E-state index is 0.239. The lowest BCUT2D eigenvalue weighted by atomic mass is 10.3. The average Bonchev–Trinajstić information content (AvgIpc) is 3.03. The van der Waals surface area contributed by atoms with Crippen LogP contribution in [0.3, 0.4) is 0 Å². The molecule has 0 amide bonds. The molecular weight excluding hydrogens is 238 g/mol. The van der Waals surface area contributed by atoms with Crippen molar-refractivity contribution in [2.75, 3.05) is 6.54 Å². The summed E-state index contributed by atoms with van der Waals surface area (Å²) in [5.74, 6) is 0.743. The second-order valence-electron chi connectivity index (χ2n) is 4.88. The smallest absolute Gasteiger partial charge is 0.176 e.